The molecule has 2 aromatic heterocycles. The second kappa shape index (κ2) is 6.52. The van der Waals surface area contributed by atoms with E-state index in [9.17, 15) is 0 Å². The van der Waals surface area contributed by atoms with Crippen molar-refractivity contribution < 1.29 is 0 Å². The lowest BCUT2D eigenvalue weighted by Crippen LogP contribution is -2.18. The van der Waals surface area contributed by atoms with E-state index in [1.165, 1.54) is 12.8 Å². The number of aryl methyl sites for hydroxylation is 1. The minimum absolute atomic E-state index is 0.730. The molecule has 5 heteroatoms. The topological polar surface area (TPSA) is 53.9 Å². The van der Waals surface area contributed by atoms with E-state index in [1.54, 1.807) is 6.20 Å². The molecule has 0 atom stereocenters. The zero-order chi connectivity index (χ0) is 14.5. The maximum atomic E-state index is 4.56. The van der Waals surface area contributed by atoms with Gasteiger partial charge in [-0.15, -0.1) is 0 Å². The fourth-order valence-electron chi connectivity index (χ4n) is 2.52. The summed E-state index contributed by atoms with van der Waals surface area (Å²) < 4.78 is 0. The van der Waals surface area contributed by atoms with E-state index < -0.39 is 0 Å². The molecule has 0 aliphatic carbocycles. The van der Waals surface area contributed by atoms with Crippen LogP contribution in [0, 0.1) is 0 Å². The highest BCUT2D eigenvalue weighted by Gasteiger charge is 2.12. The molecule has 3 heterocycles. The van der Waals surface area contributed by atoms with Gasteiger partial charge in [0.2, 0.25) is 0 Å². The number of pyridine rings is 1. The van der Waals surface area contributed by atoms with Crippen LogP contribution in [0.3, 0.4) is 0 Å². The Kier molecular flexibility index (Phi) is 4.28. The first-order valence-corrected chi connectivity index (χ1v) is 7.61. The Bertz CT molecular complexity index is 575. The number of aromatic nitrogens is 3. The van der Waals surface area contributed by atoms with Gasteiger partial charge in [-0.2, -0.15) is 0 Å². The number of anilines is 2. The predicted octanol–water partition coefficient (Wildman–Crippen LogP) is 2.65. The molecule has 1 aliphatic heterocycles. The summed E-state index contributed by atoms with van der Waals surface area (Å²) in [6, 6.07) is 6.14. The van der Waals surface area contributed by atoms with Gasteiger partial charge >= 0.3 is 0 Å². The Morgan fingerprint density at radius 1 is 1.14 bits per heavy atom. The van der Waals surface area contributed by atoms with Gasteiger partial charge in [0.25, 0.3) is 0 Å². The van der Waals surface area contributed by atoms with E-state index in [-0.39, 0.29) is 0 Å². The highest BCUT2D eigenvalue weighted by atomic mass is 15.2. The third kappa shape index (κ3) is 3.48. The van der Waals surface area contributed by atoms with Crippen molar-refractivity contribution in [2.45, 2.75) is 32.7 Å². The molecule has 0 saturated carbocycles. The quantitative estimate of drug-likeness (QED) is 0.914. The summed E-state index contributed by atoms with van der Waals surface area (Å²) in [7, 11) is 0. The van der Waals surface area contributed by atoms with Gasteiger partial charge in [-0.1, -0.05) is 13.0 Å². The number of rotatable bonds is 5. The van der Waals surface area contributed by atoms with Crippen molar-refractivity contribution in [2.75, 3.05) is 23.3 Å². The average molecular weight is 283 g/mol. The van der Waals surface area contributed by atoms with Gasteiger partial charge in [0.15, 0.2) is 0 Å². The molecular weight excluding hydrogens is 262 g/mol. The highest BCUT2D eigenvalue weighted by molar-refractivity contribution is 5.41. The number of nitrogens with zero attached hydrogens (tertiary/aromatic N) is 4. The van der Waals surface area contributed by atoms with Crippen LogP contribution in [-0.4, -0.2) is 28.0 Å². The normalized spacial score (nSPS) is 14.4. The zero-order valence-corrected chi connectivity index (χ0v) is 12.4. The van der Waals surface area contributed by atoms with Crippen LogP contribution in [0.2, 0.25) is 0 Å². The second-order valence-electron chi connectivity index (χ2n) is 5.28. The Labute approximate surface area is 125 Å². The second-order valence-corrected chi connectivity index (χ2v) is 5.28. The van der Waals surface area contributed by atoms with Crippen molar-refractivity contribution in [3.05, 3.63) is 42.0 Å². The highest BCUT2D eigenvalue weighted by Crippen LogP contribution is 2.17. The fraction of sp³-hybridized carbons (Fsp3) is 0.438. The molecule has 1 aliphatic rings. The van der Waals surface area contributed by atoms with Crippen LogP contribution in [0.4, 0.5) is 11.6 Å². The molecule has 0 bridgehead atoms. The summed E-state index contributed by atoms with van der Waals surface area (Å²) in [6.45, 7) is 5.05. The van der Waals surface area contributed by atoms with E-state index in [0.717, 1.165) is 49.1 Å². The first-order valence-electron chi connectivity index (χ1n) is 7.61. The number of hydrogen-bond acceptors (Lipinski definition) is 5. The molecule has 0 unspecified atom stereocenters. The van der Waals surface area contributed by atoms with Gasteiger partial charge in [0.1, 0.15) is 17.5 Å². The maximum absolute atomic E-state index is 4.56. The Hall–Kier alpha value is -2.17. The third-order valence-corrected chi connectivity index (χ3v) is 3.73. The smallest absolute Gasteiger partial charge is 0.130 e. The first kappa shape index (κ1) is 13.8. The third-order valence-electron chi connectivity index (χ3n) is 3.73. The lowest BCUT2D eigenvalue weighted by atomic mass is 10.2. The SMILES string of the molecule is CCc1nccc(NCc2ccc(N3CCCC3)nc2)n1. The van der Waals surface area contributed by atoms with Crippen LogP contribution in [0.15, 0.2) is 30.6 Å². The number of nitrogens with one attached hydrogen (secondary N) is 1. The Morgan fingerprint density at radius 2 is 2.00 bits per heavy atom. The average Bonchev–Trinajstić information content (AvgIpc) is 3.08. The summed E-state index contributed by atoms with van der Waals surface area (Å²) in [5, 5.41) is 3.32. The lowest BCUT2D eigenvalue weighted by molar-refractivity contribution is 0.924. The van der Waals surface area contributed by atoms with Crippen LogP contribution >= 0.6 is 0 Å². The maximum Gasteiger partial charge on any atom is 0.130 e. The van der Waals surface area contributed by atoms with E-state index in [1.807, 2.05) is 12.3 Å². The molecule has 5 nitrogen and oxygen atoms in total. The largest absolute Gasteiger partial charge is 0.366 e. The molecule has 0 aromatic carbocycles. The van der Waals surface area contributed by atoms with Crippen LogP contribution in [-0.2, 0) is 13.0 Å². The van der Waals surface area contributed by atoms with E-state index in [0.29, 0.717) is 0 Å². The van der Waals surface area contributed by atoms with Crippen molar-refractivity contribution in [3.8, 4) is 0 Å². The zero-order valence-electron chi connectivity index (χ0n) is 12.4. The molecule has 3 rings (SSSR count). The monoisotopic (exact) mass is 283 g/mol. The van der Waals surface area contributed by atoms with Gasteiger partial charge in [0.05, 0.1) is 0 Å². The standard InChI is InChI=1S/C16H21N5/c1-2-14-17-8-7-15(20-14)18-11-13-5-6-16(19-12-13)21-9-3-4-10-21/h5-8,12H,2-4,9-11H2,1H3,(H,17,18,20). The van der Waals surface area contributed by atoms with Crippen LogP contribution in [0.5, 0.6) is 0 Å². The van der Waals surface area contributed by atoms with E-state index >= 15 is 0 Å². The molecular formula is C16H21N5. The van der Waals surface area contributed by atoms with Gasteiger partial charge < -0.3 is 10.2 Å². The van der Waals surface area contributed by atoms with Crippen LogP contribution < -0.4 is 10.2 Å². The van der Waals surface area contributed by atoms with Gasteiger partial charge in [-0.3, -0.25) is 0 Å². The number of hydrogen-bond donors (Lipinski definition) is 1. The molecule has 2 aromatic rings. The Morgan fingerprint density at radius 3 is 2.71 bits per heavy atom. The summed E-state index contributed by atoms with van der Waals surface area (Å²) in [4.78, 5) is 15.5. The summed E-state index contributed by atoms with van der Waals surface area (Å²) in [5.74, 6) is 2.82. The van der Waals surface area contributed by atoms with Gasteiger partial charge in [-0.25, -0.2) is 15.0 Å². The molecule has 0 radical (unpaired) electrons. The van der Waals surface area contributed by atoms with E-state index in [2.05, 4.69) is 44.2 Å². The van der Waals surface area contributed by atoms with E-state index in [4.69, 9.17) is 0 Å². The predicted molar refractivity (Wildman–Crippen MR) is 84.4 cm³/mol. The van der Waals surface area contributed by atoms with Crippen molar-refractivity contribution >= 4 is 11.6 Å². The lowest BCUT2D eigenvalue weighted by Gasteiger charge is -2.16. The van der Waals surface area contributed by atoms with Crippen molar-refractivity contribution in [1.82, 2.24) is 15.0 Å². The summed E-state index contributed by atoms with van der Waals surface area (Å²) in [6.07, 6.45) is 7.14. The van der Waals surface area contributed by atoms with Crippen molar-refractivity contribution in [2.24, 2.45) is 0 Å². The summed E-state index contributed by atoms with van der Waals surface area (Å²) >= 11 is 0. The fourth-order valence-corrected chi connectivity index (χ4v) is 2.52. The van der Waals surface area contributed by atoms with Gasteiger partial charge in [-0.05, 0) is 30.5 Å². The van der Waals surface area contributed by atoms with Crippen molar-refractivity contribution in [3.63, 3.8) is 0 Å². The molecule has 21 heavy (non-hydrogen) atoms. The first-order chi connectivity index (χ1) is 10.3. The molecule has 1 N–H and O–H groups in total. The van der Waals surface area contributed by atoms with Crippen molar-refractivity contribution in [1.29, 1.82) is 0 Å². The van der Waals surface area contributed by atoms with Crippen LogP contribution in [0.1, 0.15) is 31.2 Å². The van der Waals surface area contributed by atoms with Gasteiger partial charge in [0, 0.05) is 38.4 Å². The molecule has 110 valence electrons. The minimum atomic E-state index is 0.730. The molecule has 1 fully saturated rings. The molecule has 0 amide bonds. The minimum Gasteiger partial charge on any atom is -0.366 e. The molecule has 0 spiro atoms. The van der Waals surface area contributed by atoms with Crippen LogP contribution in [0.25, 0.3) is 0 Å². The Balaban J connectivity index is 1.59. The molecule has 1 saturated heterocycles. The summed E-state index contributed by atoms with van der Waals surface area (Å²) in [5.41, 5.74) is 1.16.